The number of aromatic nitrogens is 3. The smallest absolute Gasteiger partial charge is 0.155 e. The molecule has 3 aromatic rings. The largest absolute Gasteiger partial charge is 0.494 e. The Morgan fingerprint density at radius 2 is 2.08 bits per heavy atom. The van der Waals surface area contributed by atoms with E-state index >= 15 is 0 Å². The van der Waals surface area contributed by atoms with Gasteiger partial charge in [-0.15, -0.1) is 0 Å². The Kier molecular flexibility index (Phi) is 5.04. The van der Waals surface area contributed by atoms with Gasteiger partial charge in [-0.25, -0.2) is 9.97 Å². The summed E-state index contributed by atoms with van der Waals surface area (Å²) < 4.78 is 8.42. The molecule has 0 aliphatic rings. The Morgan fingerprint density at radius 3 is 2.79 bits per heavy atom. The van der Waals surface area contributed by atoms with Crippen LogP contribution in [-0.4, -0.2) is 21.0 Å². The van der Waals surface area contributed by atoms with Crippen molar-refractivity contribution < 1.29 is 4.74 Å². The van der Waals surface area contributed by atoms with Crippen molar-refractivity contribution in [3.63, 3.8) is 0 Å². The van der Waals surface area contributed by atoms with Crippen molar-refractivity contribution in [2.45, 2.75) is 26.7 Å². The quantitative estimate of drug-likeness (QED) is 0.538. The number of ether oxygens (including phenoxy) is 1. The number of fused-ring (bicyclic) bond motifs is 1. The van der Waals surface area contributed by atoms with Crippen LogP contribution in [0.15, 0.2) is 29.1 Å². The van der Waals surface area contributed by atoms with Gasteiger partial charge in [-0.3, -0.25) is 4.40 Å². The molecule has 0 fully saturated rings. The number of imidazole rings is 1. The van der Waals surface area contributed by atoms with Crippen LogP contribution >= 0.6 is 39.1 Å². The maximum atomic E-state index is 6.34. The predicted molar refractivity (Wildman–Crippen MR) is 101 cm³/mol. The highest BCUT2D eigenvalue weighted by Gasteiger charge is 2.22. The van der Waals surface area contributed by atoms with Crippen molar-refractivity contribution in [1.29, 1.82) is 0 Å². The fraction of sp³-hybridized carbons (Fsp3) is 0.294. The zero-order chi connectivity index (χ0) is 17.4. The monoisotopic (exact) mass is 427 g/mol. The molecule has 0 radical (unpaired) electrons. The summed E-state index contributed by atoms with van der Waals surface area (Å²) in [5.74, 6) is 1.61. The number of hydrogen-bond donors (Lipinski definition) is 0. The van der Waals surface area contributed by atoms with Gasteiger partial charge in [0.05, 0.1) is 6.61 Å². The Morgan fingerprint density at radius 1 is 1.33 bits per heavy atom. The van der Waals surface area contributed by atoms with Crippen LogP contribution in [0.2, 0.25) is 10.2 Å². The number of benzene rings is 1. The Bertz CT molecular complexity index is 910. The number of rotatable bonds is 4. The van der Waals surface area contributed by atoms with Crippen molar-refractivity contribution in [3.8, 4) is 5.75 Å². The van der Waals surface area contributed by atoms with Gasteiger partial charge in [-0.1, -0.05) is 30.1 Å². The first-order valence-corrected chi connectivity index (χ1v) is 9.09. The summed E-state index contributed by atoms with van der Waals surface area (Å²) in [4.78, 5) is 8.75. The van der Waals surface area contributed by atoms with Crippen LogP contribution in [0.5, 0.6) is 5.75 Å². The summed E-state index contributed by atoms with van der Waals surface area (Å²) in [6.45, 7) is 6.58. The van der Waals surface area contributed by atoms with E-state index in [1.165, 1.54) is 0 Å². The zero-order valence-corrected chi connectivity index (χ0v) is 16.6. The molecule has 2 heterocycles. The lowest BCUT2D eigenvalue weighted by molar-refractivity contribution is 0.335. The minimum Gasteiger partial charge on any atom is -0.494 e. The first kappa shape index (κ1) is 17.5. The lowest BCUT2D eigenvalue weighted by Crippen LogP contribution is -2.06. The van der Waals surface area contributed by atoms with Gasteiger partial charge in [0, 0.05) is 28.9 Å². The number of hydrogen-bond acceptors (Lipinski definition) is 3. The SMILES string of the molecule is CCOc1cc(C)c(Cl)cc1C(C)c1nc(Br)c2c(Cl)nccn12. The Hall–Kier alpha value is -1.30. The molecule has 0 N–H and O–H groups in total. The highest BCUT2D eigenvalue weighted by molar-refractivity contribution is 9.10. The third-order valence-electron chi connectivity index (χ3n) is 3.94. The fourth-order valence-corrected chi connectivity index (χ4v) is 3.80. The third-order valence-corrected chi connectivity index (χ3v) is 5.18. The summed E-state index contributed by atoms with van der Waals surface area (Å²) in [6.07, 6.45) is 3.51. The van der Waals surface area contributed by atoms with Gasteiger partial charge in [0.15, 0.2) is 5.15 Å². The van der Waals surface area contributed by atoms with Gasteiger partial charge in [0.1, 0.15) is 21.7 Å². The second-order valence-corrected chi connectivity index (χ2v) is 7.01. The molecule has 0 amide bonds. The van der Waals surface area contributed by atoms with Crippen molar-refractivity contribution >= 4 is 44.6 Å². The highest BCUT2D eigenvalue weighted by Crippen LogP contribution is 2.37. The second-order valence-electron chi connectivity index (χ2n) is 5.49. The average Bonchev–Trinajstić information content (AvgIpc) is 2.88. The molecule has 4 nitrogen and oxygen atoms in total. The van der Waals surface area contributed by atoms with Crippen LogP contribution in [0.3, 0.4) is 0 Å². The van der Waals surface area contributed by atoms with Crippen molar-refractivity contribution in [2.75, 3.05) is 6.61 Å². The lowest BCUT2D eigenvalue weighted by atomic mass is 9.98. The van der Waals surface area contributed by atoms with Crippen LogP contribution in [0.25, 0.3) is 5.52 Å². The Labute approximate surface area is 158 Å². The molecule has 0 aliphatic carbocycles. The van der Waals surface area contributed by atoms with Crippen LogP contribution in [0, 0.1) is 6.92 Å². The minimum atomic E-state index is -0.0399. The van der Waals surface area contributed by atoms with Crippen LogP contribution < -0.4 is 4.74 Å². The molecule has 0 spiro atoms. The van der Waals surface area contributed by atoms with Gasteiger partial charge >= 0.3 is 0 Å². The average molecular weight is 429 g/mol. The van der Waals surface area contributed by atoms with Crippen LogP contribution in [-0.2, 0) is 0 Å². The molecular weight excluding hydrogens is 413 g/mol. The summed E-state index contributed by atoms with van der Waals surface area (Å²) in [5.41, 5.74) is 2.72. The van der Waals surface area contributed by atoms with Gasteiger partial charge in [-0.05, 0) is 47.5 Å². The summed E-state index contributed by atoms with van der Waals surface area (Å²) >= 11 is 16.0. The van der Waals surface area contributed by atoms with Crippen molar-refractivity contribution in [3.05, 3.63) is 56.3 Å². The molecule has 0 aliphatic heterocycles. The Balaban J connectivity index is 2.18. The van der Waals surface area contributed by atoms with Crippen molar-refractivity contribution in [2.24, 2.45) is 0 Å². The van der Waals surface area contributed by atoms with E-state index in [0.717, 1.165) is 28.2 Å². The van der Waals surface area contributed by atoms with E-state index in [9.17, 15) is 0 Å². The molecule has 1 aromatic carbocycles. The molecular formula is C17H16BrCl2N3O. The first-order chi connectivity index (χ1) is 11.4. The molecule has 0 bridgehead atoms. The van der Waals surface area contributed by atoms with E-state index in [1.807, 2.05) is 36.6 Å². The first-order valence-electron chi connectivity index (χ1n) is 7.54. The fourth-order valence-electron chi connectivity index (χ4n) is 2.72. The minimum absolute atomic E-state index is 0.0399. The number of aryl methyl sites for hydroxylation is 1. The van der Waals surface area contributed by atoms with E-state index < -0.39 is 0 Å². The van der Waals surface area contributed by atoms with E-state index in [-0.39, 0.29) is 5.92 Å². The molecule has 1 atom stereocenters. The van der Waals surface area contributed by atoms with Gasteiger partial charge in [-0.2, -0.15) is 0 Å². The lowest BCUT2D eigenvalue weighted by Gasteiger charge is -2.17. The molecule has 3 rings (SSSR count). The normalized spacial score (nSPS) is 12.6. The topological polar surface area (TPSA) is 39.4 Å². The van der Waals surface area contributed by atoms with E-state index in [1.54, 1.807) is 6.20 Å². The van der Waals surface area contributed by atoms with Gasteiger partial charge in [0.2, 0.25) is 0 Å². The molecule has 1 unspecified atom stereocenters. The second kappa shape index (κ2) is 6.90. The molecule has 2 aromatic heterocycles. The predicted octanol–water partition coefficient (Wildman–Crippen LogP) is 5.66. The molecule has 24 heavy (non-hydrogen) atoms. The molecule has 126 valence electrons. The van der Waals surface area contributed by atoms with Gasteiger partial charge in [0.25, 0.3) is 0 Å². The standard InChI is InChI=1S/C17H16BrCl2N3O/c1-4-24-13-7-9(2)12(19)8-11(13)10(3)17-22-15(18)14-16(20)21-5-6-23(14)17/h5-8,10H,4H2,1-3H3. The summed E-state index contributed by atoms with van der Waals surface area (Å²) in [6, 6.07) is 3.92. The highest BCUT2D eigenvalue weighted by atomic mass is 79.9. The maximum Gasteiger partial charge on any atom is 0.155 e. The molecule has 0 saturated carbocycles. The number of halogens is 3. The van der Waals surface area contributed by atoms with E-state index in [2.05, 4.69) is 32.8 Å². The maximum absolute atomic E-state index is 6.34. The molecule has 7 heteroatoms. The summed E-state index contributed by atoms with van der Waals surface area (Å²) in [7, 11) is 0. The van der Waals surface area contributed by atoms with E-state index in [0.29, 0.717) is 21.4 Å². The zero-order valence-electron chi connectivity index (χ0n) is 13.5. The van der Waals surface area contributed by atoms with Crippen molar-refractivity contribution in [1.82, 2.24) is 14.4 Å². The van der Waals surface area contributed by atoms with Crippen LogP contribution in [0.1, 0.15) is 36.7 Å². The summed E-state index contributed by atoms with van der Waals surface area (Å²) in [5, 5.41) is 1.11. The van der Waals surface area contributed by atoms with Crippen LogP contribution in [0.4, 0.5) is 0 Å². The third kappa shape index (κ3) is 3.01. The van der Waals surface area contributed by atoms with Gasteiger partial charge < -0.3 is 4.74 Å². The van der Waals surface area contributed by atoms with E-state index in [4.69, 9.17) is 27.9 Å². The molecule has 0 saturated heterocycles. The number of nitrogens with zero attached hydrogens (tertiary/aromatic N) is 3.